The summed E-state index contributed by atoms with van der Waals surface area (Å²) in [4.78, 5) is 35.2. The van der Waals surface area contributed by atoms with Crippen LogP contribution in [-0.4, -0.2) is 31.9 Å². The predicted octanol–water partition coefficient (Wildman–Crippen LogP) is 5.15. The molecule has 0 aliphatic heterocycles. The van der Waals surface area contributed by atoms with Gasteiger partial charge in [0, 0.05) is 34.8 Å². The number of nitro groups is 1. The van der Waals surface area contributed by atoms with Gasteiger partial charge in [-0.15, -0.1) is 11.3 Å². The number of hydrogen-bond donors (Lipinski definition) is 2. The van der Waals surface area contributed by atoms with Gasteiger partial charge in [-0.25, -0.2) is 9.97 Å². The predicted molar refractivity (Wildman–Crippen MR) is 122 cm³/mol. The van der Waals surface area contributed by atoms with Crippen molar-refractivity contribution < 1.29 is 14.5 Å². The quantitative estimate of drug-likeness (QED) is 0.297. The molecule has 2 aromatic heterocycles. The van der Waals surface area contributed by atoms with Crippen LogP contribution in [0.15, 0.2) is 60.1 Å². The maximum absolute atomic E-state index is 13.0. The van der Waals surface area contributed by atoms with Crippen molar-refractivity contribution >= 4 is 28.1 Å². The van der Waals surface area contributed by atoms with E-state index in [1.807, 2.05) is 38.1 Å². The van der Waals surface area contributed by atoms with Crippen LogP contribution in [0.2, 0.25) is 0 Å². The maximum atomic E-state index is 13.0. The third-order valence-electron chi connectivity index (χ3n) is 4.43. The number of hydrogen-bond acceptors (Lipinski definition) is 7. The first-order chi connectivity index (χ1) is 15.4. The Labute approximate surface area is 187 Å². The summed E-state index contributed by atoms with van der Waals surface area (Å²) in [6, 6.07) is 13.2. The molecule has 2 heterocycles. The molecule has 0 unspecified atom stereocenters. The van der Waals surface area contributed by atoms with E-state index >= 15 is 0 Å². The lowest BCUT2D eigenvalue weighted by molar-refractivity contribution is -0.384. The number of H-pyrrole nitrogens is 1. The highest BCUT2D eigenvalue weighted by molar-refractivity contribution is 7.13. The first-order valence-corrected chi connectivity index (χ1v) is 10.6. The molecule has 0 atom stereocenters. The normalized spacial score (nSPS) is 10.8. The number of nitrogens with one attached hydrogen (secondary N) is 2. The van der Waals surface area contributed by atoms with Gasteiger partial charge in [0.1, 0.15) is 23.0 Å². The molecule has 0 saturated heterocycles. The number of aromatic nitrogens is 3. The summed E-state index contributed by atoms with van der Waals surface area (Å²) in [5.74, 6) is 0.739. The van der Waals surface area contributed by atoms with Crippen molar-refractivity contribution in [3.8, 4) is 28.4 Å². The summed E-state index contributed by atoms with van der Waals surface area (Å²) >= 11 is 1.30. The molecule has 2 N–H and O–H groups in total. The van der Waals surface area contributed by atoms with Crippen molar-refractivity contribution in [2.45, 2.75) is 20.0 Å². The van der Waals surface area contributed by atoms with Crippen molar-refractivity contribution in [2.75, 3.05) is 5.32 Å². The van der Waals surface area contributed by atoms with Gasteiger partial charge in [-0.05, 0) is 50.2 Å². The van der Waals surface area contributed by atoms with Gasteiger partial charge in [-0.2, -0.15) is 0 Å². The molecule has 0 aliphatic carbocycles. The Kier molecular flexibility index (Phi) is 5.95. The molecule has 32 heavy (non-hydrogen) atoms. The van der Waals surface area contributed by atoms with Crippen molar-refractivity contribution in [3.05, 3.63) is 75.9 Å². The number of imidazole rings is 1. The van der Waals surface area contributed by atoms with E-state index in [2.05, 4.69) is 20.3 Å². The number of carbonyl (C=O) groups is 1. The minimum absolute atomic E-state index is 0.0250. The van der Waals surface area contributed by atoms with E-state index in [0.29, 0.717) is 28.0 Å². The standard InChI is InChI=1S/C22H19N5O4S/c1-13(2)31-17-9-5-14(6-10-17)18-19(21(28)26-22-23-11-12-32-22)25-20(24-18)15-3-7-16(8-4-15)27(29)30/h3-13H,1-2H3,(H,24,25)(H,23,26,28). The Hall–Kier alpha value is -4.05. The van der Waals surface area contributed by atoms with Gasteiger partial charge in [0.25, 0.3) is 11.6 Å². The van der Waals surface area contributed by atoms with E-state index in [4.69, 9.17) is 4.74 Å². The monoisotopic (exact) mass is 449 g/mol. The summed E-state index contributed by atoms with van der Waals surface area (Å²) in [6.07, 6.45) is 1.64. The molecule has 1 amide bonds. The number of amides is 1. The summed E-state index contributed by atoms with van der Waals surface area (Å²) in [7, 11) is 0. The lowest BCUT2D eigenvalue weighted by Gasteiger charge is -2.10. The molecular formula is C22H19N5O4S. The van der Waals surface area contributed by atoms with Gasteiger partial charge < -0.3 is 9.72 Å². The third kappa shape index (κ3) is 4.65. The number of thiazole rings is 1. The Morgan fingerprint density at radius 3 is 2.41 bits per heavy atom. The van der Waals surface area contributed by atoms with E-state index in [0.717, 1.165) is 5.56 Å². The number of aromatic amines is 1. The molecular weight excluding hydrogens is 430 g/mol. The van der Waals surface area contributed by atoms with Crippen LogP contribution in [0.4, 0.5) is 10.8 Å². The zero-order chi connectivity index (χ0) is 22.7. The fourth-order valence-corrected chi connectivity index (χ4v) is 3.56. The van der Waals surface area contributed by atoms with Gasteiger partial charge in [0.15, 0.2) is 5.13 Å². The molecule has 0 bridgehead atoms. The Morgan fingerprint density at radius 2 is 1.81 bits per heavy atom. The first kappa shape index (κ1) is 21.2. The highest BCUT2D eigenvalue weighted by Crippen LogP contribution is 2.29. The molecule has 9 nitrogen and oxygen atoms in total. The largest absolute Gasteiger partial charge is 0.491 e. The summed E-state index contributed by atoms with van der Waals surface area (Å²) < 4.78 is 5.69. The summed E-state index contributed by atoms with van der Waals surface area (Å²) in [6.45, 7) is 3.89. The number of rotatable bonds is 7. The van der Waals surface area contributed by atoms with Crippen molar-refractivity contribution in [1.29, 1.82) is 0 Å². The van der Waals surface area contributed by atoms with Crippen LogP contribution in [0, 0.1) is 10.1 Å². The van der Waals surface area contributed by atoms with Gasteiger partial charge in [0.2, 0.25) is 0 Å². The average Bonchev–Trinajstić information content (AvgIpc) is 3.44. The van der Waals surface area contributed by atoms with Crippen LogP contribution >= 0.6 is 11.3 Å². The second-order valence-corrected chi connectivity index (χ2v) is 7.99. The molecule has 162 valence electrons. The van der Waals surface area contributed by atoms with Gasteiger partial charge in [-0.1, -0.05) is 0 Å². The van der Waals surface area contributed by atoms with E-state index < -0.39 is 10.8 Å². The van der Waals surface area contributed by atoms with E-state index in [-0.39, 0.29) is 17.5 Å². The van der Waals surface area contributed by atoms with Crippen molar-refractivity contribution in [3.63, 3.8) is 0 Å². The highest BCUT2D eigenvalue weighted by atomic mass is 32.1. The SMILES string of the molecule is CC(C)Oc1ccc(-c2nc(-c3ccc([N+](=O)[O-])cc3)[nH]c2C(=O)Nc2nccs2)cc1. The lowest BCUT2D eigenvalue weighted by atomic mass is 10.1. The fourth-order valence-electron chi connectivity index (χ4n) is 3.03. The molecule has 0 fully saturated rings. The lowest BCUT2D eigenvalue weighted by Crippen LogP contribution is -2.13. The Bertz CT molecular complexity index is 1230. The van der Waals surface area contributed by atoms with Crippen LogP contribution in [-0.2, 0) is 0 Å². The van der Waals surface area contributed by atoms with E-state index in [9.17, 15) is 14.9 Å². The summed E-state index contributed by atoms with van der Waals surface area (Å²) in [5, 5.41) is 15.9. The Morgan fingerprint density at radius 1 is 1.12 bits per heavy atom. The number of non-ortho nitro benzene ring substituents is 1. The average molecular weight is 449 g/mol. The zero-order valence-electron chi connectivity index (χ0n) is 17.2. The first-order valence-electron chi connectivity index (χ1n) is 9.73. The number of nitro benzene ring substituents is 1. The maximum Gasteiger partial charge on any atom is 0.276 e. The number of nitrogens with zero attached hydrogens (tertiary/aromatic N) is 3. The molecule has 4 rings (SSSR count). The minimum atomic E-state index is -0.467. The van der Waals surface area contributed by atoms with E-state index in [1.165, 1.54) is 23.5 Å². The highest BCUT2D eigenvalue weighted by Gasteiger charge is 2.21. The molecule has 4 aromatic rings. The van der Waals surface area contributed by atoms with Gasteiger partial charge >= 0.3 is 0 Å². The van der Waals surface area contributed by atoms with Crippen LogP contribution in [0.1, 0.15) is 24.3 Å². The van der Waals surface area contributed by atoms with E-state index in [1.54, 1.807) is 23.7 Å². The second kappa shape index (κ2) is 8.98. The Balaban J connectivity index is 1.72. The number of anilines is 1. The van der Waals surface area contributed by atoms with Gasteiger partial charge in [0.05, 0.1) is 11.0 Å². The molecule has 0 radical (unpaired) electrons. The number of carbonyl (C=O) groups excluding carboxylic acids is 1. The van der Waals surface area contributed by atoms with Crippen molar-refractivity contribution in [2.24, 2.45) is 0 Å². The molecule has 0 saturated carbocycles. The zero-order valence-corrected chi connectivity index (χ0v) is 18.1. The fraction of sp³-hybridized carbons (Fsp3) is 0.136. The number of benzene rings is 2. The smallest absolute Gasteiger partial charge is 0.276 e. The molecule has 0 spiro atoms. The van der Waals surface area contributed by atoms with Crippen LogP contribution in [0.25, 0.3) is 22.6 Å². The molecule has 10 heteroatoms. The van der Waals surface area contributed by atoms with Crippen LogP contribution in [0.5, 0.6) is 5.75 Å². The van der Waals surface area contributed by atoms with Crippen LogP contribution < -0.4 is 10.1 Å². The van der Waals surface area contributed by atoms with Crippen LogP contribution in [0.3, 0.4) is 0 Å². The molecule has 0 aliphatic rings. The second-order valence-electron chi connectivity index (χ2n) is 7.10. The number of ether oxygens (including phenoxy) is 1. The van der Waals surface area contributed by atoms with Crippen molar-refractivity contribution in [1.82, 2.24) is 15.0 Å². The summed E-state index contributed by atoms with van der Waals surface area (Å²) in [5.41, 5.74) is 2.01. The third-order valence-corrected chi connectivity index (χ3v) is 5.12. The topological polar surface area (TPSA) is 123 Å². The molecule has 2 aromatic carbocycles. The van der Waals surface area contributed by atoms with Gasteiger partial charge in [-0.3, -0.25) is 20.2 Å². The minimum Gasteiger partial charge on any atom is -0.491 e.